The smallest absolute Gasteiger partial charge is 0.0525 e. The number of nitrogens with two attached hydrogens (primary N) is 1. The number of rotatable bonds is 2. The molecule has 64 valence electrons. The van der Waals surface area contributed by atoms with Crippen LogP contribution in [0.5, 0.6) is 0 Å². The van der Waals surface area contributed by atoms with Gasteiger partial charge in [0.25, 0.3) is 0 Å². The molecule has 0 spiro atoms. The Kier molecular flexibility index (Phi) is 2.84. The minimum absolute atomic E-state index is 0.251. The van der Waals surface area contributed by atoms with Crippen LogP contribution in [0.4, 0.5) is 0 Å². The lowest BCUT2D eigenvalue weighted by atomic mass is 10.0. The van der Waals surface area contributed by atoms with Gasteiger partial charge in [-0.15, -0.1) is 0 Å². The Balaban J connectivity index is 3.13. The Labute approximate surface area is 76.9 Å². The highest BCUT2D eigenvalue weighted by Gasteiger charge is 2.03. The Morgan fingerprint density at radius 1 is 1.58 bits per heavy atom. The molecule has 3 heteroatoms. The highest BCUT2D eigenvalue weighted by Crippen LogP contribution is 2.15. The lowest BCUT2D eigenvalue weighted by Crippen LogP contribution is -2.14. The van der Waals surface area contributed by atoms with Crippen LogP contribution in [0.2, 0.25) is 5.02 Å². The van der Waals surface area contributed by atoms with Crippen LogP contribution < -0.4 is 5.73 Å². The van der Waals surface area contributed by atoms with Crippen molar-refractivity contribution in [1.29, 1.82) is 5.41 Å². The van der Waals surface area contributed by atoms with Gasteiger partial charge in [0.2, 0.25) is 0 Å². The summed E-state index contributed by atoms with van der Waals surface area (Å²) in [6.07, 6.45) is 0. The first-order valence-electron chi connectivity index (χ1n) is 3.69. The van der Waals surface area contributed by atoms with Crippen LogP contribution in [0, 0.1) is 12.3 Å². The van der Waals surface area contributed by atoms with Gasteiger partial charge < -0.3 is 11.1 Å². The fraction of sp³-hybridized carbons (Fsp3) is 0.222. The molecule has 2 nitrogen and oxygen atoms in total. The summed E-state index contributed by atoms with van der Waals surface area (Å²) in [5.41, 5.74) is 7.66. The molecular formula is C9H11ClN2. The van der Waals surface area contributed by atoms with Crippen LogP contribution in [0.1, 0.15) is 11.1 Å². The van der Waals surface area contributed by atoms with Crippen molar-refractivity contribution in [2.24, 2.45) is 5.73 Å². The molecule has 0 unspecified atom stereocenters. The van der Waals surface area contributed by atoms with Crippen molar-refractivity contribution < 1.29 is 0 Å². The number of nitrogens with one attached hydrogen (secondary N) is 1. The van der Waals surface area contributed by atoms with Crippen LogP contribution in [-0.2, 0) is 0 Å². The van der Waals surface area contributed by atoms with Crippen molar-refractivity contribution in [3.8, 4) is 0 Å². The van der Waals surface area contributed by atoms with Gasteiger partial charge >= 0.3 is 0 Å². The van der Waals surface area contributed by atoms with Gasteiger partial charge in [0.15, 0.2) is 0 Å². The van der Waals surface area contributed by atoms with E-state index in [-0.39, 0.29) is 6.54 Å². The van der Waals surface area contributed by atoms with E-state index in [1.54, 1.807) is 6.07 Å². The Hall–Kier alpha value is -0.860. The molecule has 1 rings (SSSR count). The monoisotopic (exact) mass is 182 g/mol. The average Bonchev–Trinajstić information content (AvgIpc) is 2.08. The van der Waals surface area contributed by atoms with Gasteiger partial charge in [-0.25, -0.2) is 0 Å². The molecule has 0 aromatic heterocycles. The summed E-state index contributed by atoms with van der Waals surface area (Å²) in [7, 11) is 0. The minimum Gasteiger partial charge on any atom is -0.325 e. The highest BCUT2D eigenvalue weighted by atomic mass is 35.5. The van der Waals surface area contributed by atoms with Crippen LogP contribution in [0.15, 0.2) is 18.2 Å². The van der Waals surface area contributed by atoms with Gasteiger partial charge in [-0.2, -0.15) is 0 Å². The lowest BCUT2D eigenvalue weighted by molar-refractivity contribution is 1.25. The summed E-state index contributed by atoms with van der Waals surface area (Å²) in [4.78, 5) is 0. The second kappa shape index (κ2) is 3.70. The standard InChI is InChI=1S/C9H11ClN2/c1-6-2-3-7(10)4-8(6)9(12)5-11/h2-4,12H,5,11H2,1H3. The fourth-order valence-electron chi connectivity index (χ4n) is 1.03. The van der Waals surface area contributed by atoms with E-state index < -0.39 is 0 Å². The minimum atomic E-state index is 0.251. The van der Waals surface area contributed by atoms with Gasteiger partial charge in [0, 0.05) is 17.1 Å². The largest absolute Gasteiger partial charge is 0.325 e. The molecule has 1 aromatic rings. The van der Waals surface area contributed by atoms with Crippen LogP contribution in [0.25, 0.3) is 0 Å². The van der Waals surface area contributed by atoms with E-state index in [2.05, 4.69) is 0 Å². The first kappa shape index (κ1) is 9.23. The van der Waals surface area contributed by atoms with Crippen molar-refractivity contribution in [1.82, 2.24) is 0 Å². The summed E-state index contributed by atoms with van der Waals surface area (Å²) in [5.74, 6) is 0. The van der Waals surface area contributed by atoms with Crippen molar-refractivity contribution in [3.63, 3.8) is 0 Å². The van der Waals surface area contributed by atoms with E-state index in [0.29, 0.717) is 10.7 Å². The molecule has 0 aliphatic rings. The molecule has 1 aromatic carbocycles. The maximum Gasteiger partial charge on any atom is 0.0525 e. The summed E-state index contributed by atoms with van der Waals surface area (Å²) in [5, 5.41) is 8.18. The number of hydrogen-bond donors (Lipinski definition) is 2. The molecule has 12 heavy (non-hydrogen) atoms. The summed E-state index contributed by atoms with van der Waals surface area (Å²) < 4.78 is 0. The number of halogens is 1. The summed E-state index contributed by atoms with van der Waals surface area (Å²) in [6.45, 7) is 2.19. The lowest BCUT2D eigenvalue weighted by Gasteiger charge is -2.05. The quantitative estimate of drug-likeness (QED) is 0.676. The first-order valence-corrected chi connectivity index (χ1v) is 4.07. The predicted molar refractivity (Wildman–Crippen MR) is 52.1 cm³/mol. The summed E-state index contributed by atoms with van der Waals surface area (Å²) >= 11 is 5.78. The van der Waals surface area contributed by atoms with Crippen molar-refractivity contribution >= 4 is 17.3 Å². The molecule has 0 atom stereocenters. The number of hydrogen-bond acceptors (Lipinski definition) is 2. The van der Waals surface area contributed by atoms with E-state index in [0.717, 1.165) is 11.1 Å². The maximum absolute atomic E-state index is 7.53. The van der Waals surface area contributed by atoms with E-state index >= 15 is 0 Å². The molecule has 0 radical (unpaired) electrons. The van der Waals surface area contributed by atoms with E-state index in [1.165, 1.54) is 0 Å². The predicted octanol–water partition coefficient (Wildman–Crippen LogP) is 1.97. The summed E-state index contributed by atoms with van der Waals surface area (Å²) in [6, 6.07) is 5.47. The molecule has 0 heterocycles. The number of benzene rings is 1. The molecular weight excluding hydrogens is 172 g/mol. The zero-order valence-corrected chi connectivity index (χ0v) is 7.65. The van der Waals surface area contributed by atoms with Crippen molar-refractivity contribution in [2.45, 2.75) is 6.92 Å². The normalized spacial score (nSPS) is 9.92. The van der Waals surface area contributed by atoms with E-state index in [1.807, 2.05) is 19.1 Å². The molecule has 0 saturated carbocycles. The third-order valence-electron chi connectivity index (χ3n) is 1.73. The van der Waals surface area contributed by atoms with Crippen LogP contribution in [0.3, 0.4) is 0 Å². The van der Waals surface area contributed by atoms with Crippen LogP contribution >= 0.6 is 11.6 Å². The third kappa shape index (κ3) is 1.84. The van der Waals surface area contributed by atoms with Gasteiger partial charge in [-0.05, 0) is 24.6 Å². The number of aryl methyl sites for hydroxylation is 1. The van der Waals surface area contributed by atoms with Gasteiger partial charge in [0.1, 0.15) is 0 Å². The first-order chi connectivity index (χ1) is 5.65. The average molecular weight is 183 g/mol. The molecule has 0 amide bonds. The van der Waals surface area contributed by atoms with Gasteiger partial charge in [0.05, 0.1) is 5.71 Å². The molecule has 0 bridgehead atoms. The Morgan fingerprint density at radius 2 is 2.25 bits per heavy atom. The van der Waals surface area contributed by atoms with Gasteiger partial charge in [-0.3, -0.25) is 0 Å². The van der Waals surface area contributed by atoms with Crippen LogP contribution in [-0.4, -0.2) is 12.3 Å². The van der Waals surface area contributed by atoms with Crippen molar-refractivity contribution in [2.75, 3.05) is 6.54 Å². The Morgan fingerprint density at radius 3 is 2.83 bits per heavy atom. The van der Waals surface area contributed by atoms with Crippen molar-refractivity contribution in [3.05, 3.63) is 34.3 Å². The topological polar surface area (TPSA) is 49.9 Å². The van der Waals surface area contributed by atoms with E-state index in [4.69, 9.17) is 22.7 Å². The molecule has 0 aliphatic carbocycles. The molecule has 0 fully saturated rings. The SMILES string of the molecule is Cc1ccc(Cl)cc1C(=N)CN. The molecule has 0 aliphatic heterocycles. The third-order valence-corrected chi connectivity index (χ3v) is 1.96. The zero-order chi connectivity index (χ0) is 9.14. The maximum atomic E-state index is 7.53. The van der Waals surface area contributed by atoms with E-state index in [9.17, 15) is 0 Å². The van der Waals surface area contributed by atoms with Gasteiger partial charge in [-0.1, -0.05) is 17.7 Å². The Bertz CT molecular complexity index is 307. The highest BCUT2D eigenvalue weighted by molar-refractivity contribution is 6.31. The second-order valence-corrected chi connectivity index (χ2v) is 3.08. The zero-order valence-electron chi connectivity index (χ0n) is 6.89. The molecule has 0 saturated heterocycles. The second-order valence-electron chi connectivity index (χ2n) is 2.64. The molecule has 3 N–H and O–H groups in total. The fourth-order valence-corrected chi connectivity index (χ4v) is 1.20.